The lowest BCUT2D eigenvalue weighted by Crippen LogP contribution is -2.37. The number of hydrogen-bond donors (Lipinski definition) is 1. The van der Waals surface area contributed by atoms with Crippen LogP contribution in [-0.2, 0) is 0 Å². The summed E-state index contributed by atoms with van der Waals surface area (Å²) in [6, 6.07) is 8.36. The zero-order valence-corrected chi connectivity index (χ0v) is 14.5. The molecule has 0 unspecified atom stereocenters. The fourth-order valence-electron chi connectivity index (χ4n) is 1.88. The Kier molecular flexibility index (Phi) is 6.97. The van der Waals surface area contributed by atoms with Crippen molar-refractivity contribution in [3.05, 3.63) is 35.4 Å². The van der Waals surface area contributed by atoms with Gasteiger partial charge in [0, 0.05) is 12.1 Å². The molecule has 0 saturated carbocycles. The van der Waals surface area contributed by atoms with E-state index < -0.39 is 0 Å². The van der Waals surface area contributed by atoms with Gasteiger partial charge in [0.2, 0.25) is 0 Å². The van der Waals surface area contributed by atoms with Crippen LogP contribution in [0.25, 0.3) is 6.08 Å². The minimum absolute atomic E-state index is 0.145. The summed E-state index contributed by atoms with van der Waals surface area (Å²) in [7, 11) is 0. The molecule has 0 aliphatic rings. The van der Waals surface area contributed by atoms with E-state index in [0.29, 0.717) is 5.92 Å². The van der Waals surface area contributed by atoms with Crippen LogP contribution in [-0.4, -0.2) is 18.7 Å². The molecule has 2 heteroatoms. The Labute approximate surface area is 130 Å². The first-order valence-corrected chi connectivity index (χ1v) is 8.00. The van der Waals surface area contributed by atoms with E-state index >= 15 is 0 Å². The smallest absolute Gasteiger partial charge is 0.119 e. The van der Waals surface area contributed by atoms with Crippen molar-refractivity contribution in [2.75, 3.05) is 13.2 Å². The highest BCUT2D eigenvalue weighted by atomic mass is 16.5. The number of hydrogen-bond acceptors (Lipinski definition) is 2. The van der Waals surface area contributed by atoms with Crippen molar-refractivity contribution in [2.24, 2.45) is 5.92 Å². The zero-order valence-electron chi connectivity index (χ0n) is 14.5. The zero-order chi connectivity index (χ0) is 15.9. The Balaban J connectivity index is 2.75. The molecular weight excluding hydrogens is 258 g/mol. The van der Waals surface area contributed by atoms with Gasteiger partial charge in [0.1, 0.15) is 5.75 Å². The second-order valence-electron chi connectivity index (χ2n) is 6.90. The van der Waals surface area contributed by atoms with Crippen LogP contribution >= 0.6 is 0 Å². The summed E-state index contributed by atoms with van der Waals surface area (Å²) in [4.78, 5) is 0. The topological polar surface area (TPSA) is 21.3 Å². The fraction of sp³-hybridized carbons (Fsp3) is 0.579. The molecule has 1 rings (SSSR count). The number of benzene rings is 1. The molecule has 0 aliphatic carbocycles. The van der Waals surface area contributed by atoms with Crippen LogP contribution in [0.4, 0.5) is 0 Å². The summed E-state index contributed by atoms with van der Waals surface area (Å²) in [5.41, 5.74) is 2.80. The van der Waals surface area contributed by atoms with E-state index in [1.54, 1.807) is 0 Å². The van der Waals surface area contributed by atoms with Crippen molar-refractivity contribution in [1.29, 1.82) is 0 Å². The van der Waals surface area contributed by atoms with E-state index in [-0.39, 0.29) is 5.54 Å². The third-order valence-electron chi connectivity index (χ3n) is 3.27. The van der Waals surface area contributed by atoms with Gasteiger partial charge < -0.3 is 10.1 Å². The second-order valence-corrected chi connectivity index (χ2v) is 6.90. The van der Waals surface area contributed by atoms with Crippen LogP contribution in [0.15, 0.2) is 29.8 Å². The first-order valence-electron chi connectivity index (χ1n) is 8.00. The van der Waals surface area contributed by atoms with Gasteiger partial charge in [-0.2, -0.15) is 0 Å². The van der Waals surface area contributed by atoms with Gasteiger partial charge in [-0.3, -0.25) is 0 Å². The third kappa shape index (κ3) is 7.33. The highest BCUT2D eigenvalue weighted by molar-refractivity contribution is 5.54. The van der Waals surface area contributed by atoms with Crippen LogP contribution in [0.2, 0.25) is 0 Å². The Morgan fingerprint density at radius 3 is 2.29 bits per heavy atom. The Morgan fingerprint density at radius 2 is 1.81 bits per heavy atom. The van der Waals surface area contributed by atoms with Crippen molar-refractivity contribution < 1.29 is 4.74 Å². The highest BCUT2D eigenvalue weighted by Crippen LogP contribution is 2.18. The Hall–Kier alpha value is -1.28. The minimum Gasteiger partial charge on any atom is -0.494 e. The summed E-state index contributed by atoms with van der Waals surface area (Å²) < 4.78 is 5.62. The van der Waals surface area contributed by atoms with Gasteiger partial charge in [-0.15, -0.1) is 0 Å². The molecule has 0 atom stereocenters. The van der Waals surface area contributed by atoms with E-state index in [2.05, 4.69) is 77.2 Å². The number of nitrogens with one attached hydrogen (secondary N) is 1. The van der Waals surface area contributed by atoms with E-state index in [9.17, 15) is 0 Å². The molecule has 0 amide bonds. The summed E-state index contributed by atoms with van der Waals surface area (Å²) in [6.07, 6.45) is 3.32. The fourth-order valence-corrected chi connectivity index (χ4v) is 1.88. The van der Waals surface area contributed by atoms with Crippen LogP contribution in [0.1, 0.15) is 53.5 Å². The van der Waals surface area contributed by atoms with Crippen molar-refractivity contribution in [2.45, 2.75) is 53.5 Å². The van der Waals surface area contributed by atoms with Gasteiger partial charge in [-0.25, -0.2) is 0 Å². The molecule has 0 aliphatic heterocycles. The van der Waals surface area contributed by atoms with Gasteiger partial charge >= 0.3 is 0 Å². The van der Waals surface area contributed by atoms with E-state index in [1.165, 1.54) is 11.1 Å². The van der Waals surface area contributed by atoms with Crippen LogP contribution in [0.5, 0.6) is 5.75 Å². The summed E-state index contributed by atoms with van der Waals surface area (Å²) in [5, 5.41) is 3.57. The Morgan fingerprint density at radius 1 is 1.19 bits per heavy atom. The first kappa shape index (κ1) is 17.8. The third-order valence-corrected chi connectivity index (χ3v) is 3.27. The van der Waals surface area contributed by atoms with Gasteiger partial charge in [0.25, 0.3) is 0 Å². The van der Waals surface area contributed by atoms with E-state index in [4.69, 9.17) is 4.74 Å². The van der Waals surface area contributed by atoms with Crippen molar-refractivity contribution in [1.82, 2.24) is 5.32 Å². The molecule has 0 bridgehead atoms. The Bertz CT molecular complexity index is 438. The average Bonchev–Trinajstić information content (AvgIpc) is 2.41. The first-order chi connectivity index (χ1) is 9.81. The second kappa shape index (κ2) is 8.23. The van der Waals surface area contributed by atoms with Crippen LogP contribution in [0.3, 0.4) is 0 Å². The standard InChI is InChI=1S/C19H31NO/c1-7-12-21-18-10-8-16(9-11-18)13-17(15(2)3)14-20-19(4,5)6/h8-11,13,15,20H,7,12,14H2,1-6H3. The molecule has 21 heavy (non-hydrogen) atoms. The maximum absolute atomic E-state index is 5.62. The molecule has 1 aromatic carbocycles. The quantitative estimate of drug-likeness (QED) is 0.770. The van der Waals surface area contributed by atoms with Crippen molar-refractivity contribution in [3.63, 3.8) is 0 Å². The molecule has 0 heterocycles. The van der Waals surface area contributed by atoms with E-state index in [1.807, 2.05) is 0 Å². The summed E-state index contributed by atoms with van der Waals surface area (Å²) >= 11 is 0. The lowest BCUT2D eigenvalue weighted by Gasteiger charge is -2.23. The van der Waals surface area contributed by atoms with Crippen molar-refractivity contribution in [3.8, 4) is 5.75 Å². The summed E-state index contributed by atoms with van der Waals surface area (Å²) in [6.45, 7) is 14.9. The van der Waals surface area contributed by atoms with Gasteiger partial charge in [-0.05, 0) is 50.8 Å². The molecule has 0 saturated heterocycles. The predicted molar refractivity (Wildman–Crippen MR) is 92.8 cm³/mol. The maximum atomic E-state index is 5.62. The average molecular weight is 289 g/mol. The largest absolute Gasteiger partial charge is 0.494 e. The van der Waals surface area contributed by atoms with Gasteiger partial charge in [0.05, 0.1) is 6.61 Å². The van der Waals surface area contributed by atoms with Crippen LogP contribution < -0.4 is 10.1 Å². The van der Waals surface area contributed by atoms with E-state index in [0.717, 1.165) is 25.3 Å². The van der Waals surface area contributed by atoms with Gasteiger partial charge in [-0.1, -0.05) is 44.6 Å². The van der Waals surface area contributed by atoms with Crippen LogP contribution in [0, 0.1) is 5.92 Å². The number of ether oxygens (including phenoxy) is 1. The molecule has 0 fully saturated rings. The monoisotopic (exact) mass is 289 g/mol. The molecule has 118 valence electrons. The molecular formula is C19H31NO. The van der Waals surface area contributed by atoms with Gasteiger partial charge in [0.15, 0.2) is 0 Å². The number of rotatable bonds is 7. The maximum Gasteiger partial charge on any atom is 0.119 e. The minimum atomic E-state index is 0.145. The molecule has 0 aromatic heterocycles. The SMILES string of the molecule is CCCOc1ccc(C=C(CNC(C)(C)C)C(C)C)cc1. The molecule has 0 radical (unpaired) electrons. The molecule has 0 spiro atoms. The molecule has 2 nitrogen and oxygen atoms in total. The summed E-state index contributed by atoms with van der Waals surface area (Å²) in [5.74, 6) is 1.49. The van der Waals surface area contributed by atoms with Crippen molar-refractivity contribution >= 4 is 6.08 Å². The highest BCUT2D eigenvalue weighted by Gasteiger charge is 2.11. The predicted octanol–water partition coefficient (Wildman–Crippen LogP) is 4.90. The lowest BCUT2D eigenvalue weighted by atomic mass is 9.98. The molecule has 1 N–H and O–H groups in total. The normalized spacial score (nSPS) is 12.8. The lowest BCUT2D eigenvalue weighted by molar-refractivity contribution is 0.317. The molecule has 1 aromatic rings.